The van der Waals surface area contributed by atoms with E-state index >= 15 is 0 Å². The summed E-state index contributed by atoms with van der Waals surface area (Å²) in [5.41, 5.74) is 7.53. The molecule has 0 aliphatic carbocycles. The Balaban J connectivity index is 1.54. The van der Waals surface area contributed by atoms with Gasteiger partial charge in [0, 0.05) is 54.9 Å². The first-order chi connectivity index (χ1) is 19.5. The molecule has 2 amide bonds. The number of benzene rings is 1. The maximum Gasteiger partial charge on any atom is 0.408 e. The number of fused-ring (bicyclic) bond motifs is 2. The molecule has 1 aromatic carbocycles. The minimum Gasteiger partial charge on any atom is -0.465 e. The number of H-pyrrole nitrogens is 1. The van der Waals surface area contributed by atoms with Gasteiger partial charge in [0.1, 0.15) is 5.65 Å². The second kappa shape index (κ2) is 9.72. The van der Waals surface area contributed by atoms with Gasteiger partial charge in [0.2, 0.25) is 0 Å². The van der Waals surface area contributed by atoms with Gasteiger partial charge in [-0.3, -0.25) is 14.7 Å². The topological polar surface area (TPSA) is 102 Å². The number of amides is 2. The van der Waals surface area contributed by atoms with Crippen molar-refractivity contribution in [3.8, 4) is 11.1 Å². The molecule has 2 aliphatic heterocycles. The van der Waals surface area contributed by atoms with Gasteiger partial charge in [-0.25, -0.2) is 9.78 Å². The second-order valence-corrected chi connectivity index (χ2v) is 12.6. The Kier molecular flexibility index (Phi) is 6.40. The van der Waals surface area contributed by atoms with Crippen LogP contribution in [0.1, 0.15) is 71.9 Å². The van der Waals surface area contributed by atoms with Crippen molar-refractivity contribution in [1.29, 1.82) is 0 Å². The number of carbonyl (C=O) groups is 2. The molecule has 212 valence electrons. The Morgan fingerprint density at radius 3 is 2.54 bits per heavy atom. The Hall–Kier alpha value is -4.20. The van der Waals surface area contributed by atoms with Crippen molar-refractivity contribution in [1.82, 2.24) is 24.8 Å². The molecule has 2 aliphatic rings. The lowest BCUT2D eigenvalue weighted by Gasteiger charge is -2.49. The molecule has 1 fully saturated rings. The van der Waals surface area contributed by atoms with Crippen LogP contribution in [0, 0.1) is 19.3 Å². The lowest BCUT2D eigenvalue weighted by Crippen LogP contribution is -2.53. The summed E-state index contributed by atoms with van der Waals surface area (Å²) in [7, 11) is 0. The second-order valence-electron chi connectivity index (χ2n) is 12.6. The monoisotopic (exact) mass is 551 g/mol. The molecule has 0 bridgehead atoms. The van der Waals surface area contributed by atoms with Crippen molar-refractivity contribution in [2.24, 2.45) is 5.41 Å². The SMILES string of the molecule is Cc1ccc(C(=O)N2CCc3cc(-c4cnc5[nH]cc(C)c5c4)cc(C4(C(C)(C)C)CCCN4C(=O)O)c3C2)cn1. The summed E-state index contributed by atoms with van der Waals surface area (Å²) in [6.07, 6.45) is 6.79. The van der Waals surface area contributed by atoms with E-state index in [-0.39, 0.29) is 11.3 Å². The summed E-state index contributed by atoms with van der Waals surface area (Å²) in [5, 5.41) is 11.5. The molecule has 1 unspecified atom stereocenters. The first-order valence-corrected chi connectivity index (χ1v) is 14.3. The Morgan fingerprint density at radius 1 is 1.02 bits per heavy atom. The van der Waals surface area contributed by atoms with Crippen LogP contribution in [0.25, 0.3) is 22.2 Å². The number of aryl methyl sites for hydroxylation is 2. The van der Waals surface area contributed by atoms with Crippen molar-refractivity contribution in [2.45, 2.75) is 66.0 Å². The molecule has 0 saturated carbocycles. The van der Waals surface area contributed by atoms with Crippen LogP contribution in [0.3, 0.4) is 0 Å². The Morgan fingerprint density at radius 2 is 1.83 bits per heavy atom. The van der Waals surface area contributed by atoms with Gasteiger partial charge in [-0.05, 0) is 90.6 Å². The lowest BCUT2D eigenvalue weighted by molar-refractivity contribution is 0.0261. The summed E-state index contributed by atoms with van der Waals surface area (Å²) in [6.45, 7) is 11.9. The predicted molar refractivity (Wildman–Crippen MR) is 159 cm³/mol. The van der Waals surface area contributed by atoms with Gasteiger partial charge in [-0.1, -0.05) is 26.8 Å². The van der Waals surface area contributed by atoms with Crippen LogP contribution in [0.5, 0.6) is 0 Å². The molecule has 1 saturated heterocycles. The molecule has 0 radical (unpaired) electrons. The van der Waals surface area contributed by atoms with E-state index in [1.54, 1.807) is 11.1 Å². The molecule has 2 N–H and O–H groups in total. The zero-order chi connectivity index (χ0) is 29.1. The normalized spacial score (nSPS) is 19.0. The Bertz CT molecular complexity index is 1670. The van der Waals surface area contributed by atoms with Crippen LogP contribution in [-0.4, -0.2) is 54.9 Å². The van der Waals surface area contributed by atoms with Gasteiger partial charge >= 0.3 is 6.09 Å². The van der Waals surface area contributed by atoms with E-state index in [1.807, 2.05) is 36.4 Å². The highest BCUT2D eigenvalue weighted by Crippen LogP contribution is 2.54. The maximum absolute atomic E-state index is 13.6. The highest BCUT2D eigenvalue weighted by Gasteiger charge is 2.54. The summed E-state index contributed by atoms with van der Waals surface area (Å²) in [6, 6.07) is 10.2. The zero-order valence-corrected chi connectivity index (χ0v) is 24.4. The number of carbonyl (C=O) groups excluding carboxylic acids is 1. The molecule has 1 atom stereocenters. The van der Waals surface area contributed by atoms with Crippen LogP contribution in [0.4, 0.5) is 4.79 Å². The van der Waals surface area contributed by atoms with Crippen LogP contribution >= 0.6 is 0 Å². The van der Waals surface area contributed by atoms with Crippen molar-refractivity contribution in [3.63, 3.8) is 0 Å². The van der Waals surface area contributed by atoms with Crippen LogP contribution in [0.2, 0.25) is 0 Å². The number of aromatic nitrogens is 3. The highest BCUT2D eigenvalue weighted by molar-refractivity contribution is 5.94. The molecular formula is C33H37N5O3. The third-order valence-corrected chi connectivity index (χ3v) is 9.16. The van der Waals surface area contributed by atoms with Crippen molar-refractivity contribution in [2.75, 3.05) is 13.1 Å². The van der Waals surface area contributed by atoms with Crippen molar-refractivity contribution < 1.29 is 14.7 Å². The van der Waals surface area contributed by atoms with E-state index < -0.39 is 11.6 Å². The predicted octanol–water partition coefficient (Wildman–Crippen LogP) is 6.46. The van der Waals surface area contributed by atoms with Gasteiger partial charge in [-0.2, -0.15) is 0 Å². The van der Waals surface area contributed by atoms with Crippen molar-refractivity contribution >= 4 is 23.0 Å². The number of likely N-dealkylation sites (tertiary alicyclic amines) is 1. The number of pyridine rings is 2. The maximum atomic E-state index is 13.6. The van der Waals surface area contributed by atoms with Gasteiger partial charge in [0.05, 0.1) is 11.1 Å². The molecule has 41 heavy (non-hydrogen) atoms. The zero-order valence-electron chi connectivity index (χ0n) is 24.4. The number of hydrogen-bond acceptors (Lipinski definition) is 4. The van der Waals surface area contributed by atoms with Crippen molar-refractivity contribution in [3.05, 3.63) is 82.4 Å². The van der Waals surface area contributed by atoms with Gasteiger partial charge < -0.3 is 15.0 Å². The average Bonchev–Trinajstić information content (AvgIpc) is 3.57. The quantitative estimate of drug-likeness (QED) is 0.304. The molecule has 8 nitrogen and oxygen atoms in total. The van der Waals surface area contributed by atoms with E-state index in [0.717, 1.165) is 62.9 Å². The fourth-order valence-electron chi connectivity index (χ4n) is 6.99. The van der Waals surface area contributed by atoms with E-state index in [9.17, 15) is 14.7 Å². The van der Waals surface area contributed by atoms with E-state index in [4.69, 9.17) is 0 Å². The van der Waals surface area contributed by atoms with Crippen LogP contribution in [-0.2, 0) is 18.5 Å². The average molecular weight is 552 g/mol. The number of aromatic amines is 1. The van der Waals surface area contributed by atoms with Gasteiger partial charge in [-0.15, -0.1) is 0 Å². The van der Waals surface area contributed by atoms with E-state index in [1.165, 1.54) is 0 Å². The third kappa shape index (κ3) is 4.36. The number of rotatable bonds is 3. The summed E-state index contributed by atoms with van der Waals surface area (Å²) in [4.78, 5) is 42.1. The lowest BCUT2D eigenvalue weighted by atomic mass is 9.65. The van der Waals surface area contributed by atoms with Crippen LogP contribution in [0.15, 0.2) is 48.9 Å². The molecule has 8 heteroatoms. The van der Waals surface area contributed by atoms with Gasteiger partial charge in [0.15, 0.2) is 0 Å². The molecule has 5 heterocycles. The standard InChI is InChI=1S/C33H37N5O3/c1-20-16-35-29-26(20)14-25(18-36-29)24-13-22-9-12-37(30(39)23-8-7-21(2)34-17-23)19-27(22)28(15-24)33(32(3,4)5)10-6-11-38(33)31(40)41/h7-8,13-18H,6,9-12,19H2,1-5H3,(H,35,36)(H,40,41). The summed E-state index contributed by atoms with van der Waals surface area (Å²) in [5.74, 6) is -0.0536. The van der Waals surface area contributed by atoms with E-state index in [2.05, 4.69) is 60.8 Å². The number of hydrogen-bond donors (Lipinski definition) is 2. The molecule has 4 aromatic rings. The molecule has 0 spiro atoms. The third-order valence-electron chi connectivity index (χ3n) is 9.16. The molecular weight excluding hydrogens is 514 g/mol. The minimum absolute atomic E-state index is 0.0536. The summed E-state index contributed by atoms with van der Waals surface area (Å²) >= 11 is 0. The number of nitrogens with one attached hydrogen (secondary N) is 1. The number of nitrogens with zero attached hydrogens (tertiary/aromatic N) is 4. The summed E-state index contributed by atoms with van der Waals surface area (Å²) < 4.78 is 0. The van der Waals surface area contributed by atoms with Crippen LogP contribution < -0.4 is 0 Å². The fourth-order valence-corrected chi connectivity index (χ4v) is 6.99. The molecule has 6 rings (SSSR count). The molecule has 3 aromatic heterocycles. The largest absolute Gasteiger partial charge is 0.465 e. The van der Waals surface area contributed by atoms with E-state index in [0.29, 0.717) is 31.6 Å². The highest BCUT2D eigenvalue weighted by atomic mass is 16.4. The number of carboxylic acid groups (broad SMARTS) is 1. The van der Waals surface area contributed by atoms with Gasteiger partial charge in [0.25, 0.3) is 5.91 Å². The smallest absolute Gasteiger partial charge is 0.408 e. The minimum atomic E-state index is -0.905. The first-order valence-electron chi connectivity index (χ1n) is 14.3. The first kappa shape index (κ1) is 27.0. The Labute approximate surface area is 240 Å². The fraction of sp³-hybridized carbons (Fsp3) is 0.394.